The van der Waals surface area contributed by atoms with E-state index in [4.69, 9.17) is 4.74 Å². The SMILES string of the molecule is CCCCOc1ccc(-c2ccc(-c3ccc(C4=CCC(C5CCC(CCC)CC5)CC4)c(F)c3F)cc2)c(F)c1F. The Labute approximate surface area is 248 Å². The molecule has 0 spiro atoms. The number of benzene rings is 3. The Bertz CT molecular complexity index is 1390. The molecule has 1 atom stereocenters. The summed E-state index contributed by atoms with van der Waals surface area (Å²) >= 11 is 0. The van der Waals surface area contributed by atoms with E-state index in [9.17, 15) is 8.78 Å². The minimum absolute atomic E-state index is 0.0837. The largest absolute Gasteiger partial charge is 0.490 e. The highest BCUT2D eigenvalue weighted by atomic mass is 19.2. The summed E-state index contributed by atoms with van der Waals surface area (Å²) in [5.41, 5.74) is 2.38. The van der Waals surface area contributed by atoms with Gasteiger partial charge >= 0.3 is 0 Å². The summed E-state index contributed by atoms with van der Waals surface area (Å²) in [7, 11) is 0. The van der Waals surface area contributed by atoms with Gasteiger partial charge in [0.15, 0.2) is 23.2 Å². The first-order valence-corrected chi connectivity index (χ1v) is 15.8. The van der Waals surface area contributed by atoms with Crippen LogP contribution in [0.1, 0.15) is 90.0 Å². The van der Waals surface area contributed by atoms with Gasteiger partial charge in [-0.2, -0.15) is 4.39 Å². The molecule has 0 aliphatic heterocycles. The van der Waals surface area contributed by atoms with Gasteiger partial charge in [0, 0.05) is 16.7 Å². The van der Waals surface area contributed by atoms with Gasteiger partial charge in [0.1, 0.15) is 0 Å². The van der Waals surface area contributed by atoms with Crippen molar-refractivity contribution in [2.24, 2.45) is 17.8 Å². The van der Waals surface area contributed by atoms with Crippen LogP contribution in [0.3, 0.4) is 0 Å². The predicted molar refractivity (Wildman–Crippen MR) is 163 cm³/mol. The molecule has 0 saturated heterocycles. The first kappa shape index (κ1) is 30.4. The number of unbranched alkanes of at least 4 members (excludes halogenated alkanes) is 1. The van der Waals surface area contributed by atoms with Crippen molar-refractivity contribution >= 4 is 5.57 Å². The van der Waals surface area contributed by atoms with Crippen molar-refractivity contribution in [2.75, 3.05) is 6.61 Å². The van der Waals surface area contributed by atoms with Gasteiger partial charge in [0.05, 0.1) is 6.61 Å². The summed E-state index contributed by atoms with van der Waals surface area (Å²) in [6, 6.07) is 12.6. The highest BCUT2D eigenvalue weighted by Gasteiger charge is 2.29. The first-order valence-electron chi connectivity index (χ1n) is 15.8. The van der Waals surface area contributed by atoms with Crippen LogP contribution < -0.4 is 4.74 Å². The average Bonchev–Trinajstić information content (AvgIpc) is 3.02. The third-order valence-corrected chi connectivity index (χ3v) is 9.44. The lowest BCUT2D eigenvalue weighted by atomic mass is 9.70. The van der Waals surface area contributed by atoms with Crippen LogP contribution in [0.15, 0.2) is 54.6 Å². The number of allylic oxidation sites excluding steroid dienone is 2. The second-order valence-electron chi connectivity index (χ2n) is 12.1. The molecule has 3 aromatic carbocycles. The van der Waals surface area contributed by atoms with E-state index in [1.807, 2.05) is 6.92 Å². The molecule has 1 saturated carbocycles. The Kier molecular flexibility index (Phi) is 10.1. The lowest BCUT2D eigenvalue weighted by molar-refractivity contribution is 0.189. The zero-order valence-electron chi connectivity index (χ0n) is 24.8. The molecule has 42 heavy (non-hydrogen) atoms. The summed E-state index contributed by atoms with van der Waals surface area (Å²) in [6.07, 6.45) is 14.4. The molecule has 224 valence electrons. The lowest BCUT2D eigenvalue weighted by Gasteiger charge is -2.35. The van der Waals surface area contributed by atoms with Crippen LogP contribution in [0.5, 0.6) is 5.75 Å². The minimum atomic E-state index is -1.03. The van der Waals surface area contributed by atoms with E-state index in [0.717, 1.165) is 49.5 Å². The molecule has 0 amide bonds. The molecule has 0 bridgehead atoms. The number of hydrogen-bond acceptors (Lipinski definition) is 1. The smallest absolute Gasteiger partial charge is 0.201 e. The molecule has 0 radical (unpaired) electrons. The lowest BCUT2D eigenvalue weighted by Crippen LogP contribution is -2.23. The second kappa shape index (κ2) is 13.9. The average molecular weight is 579 g/mol. The van der Waals surface area contributed by atoms with E-state index in [1.54, 1.807) is 36.4 Å². The molecule has 0 aromatic heterocycles. The van der Waals surface area contributed by atoms with Crippen LogP contribution in [0.2, 0.25) is 0 Å². The number of halogens is 4. The van der Waals surface area contributed by atoms with Gasteiger partial charge in [-0.05, 0) is 85.1 Å². The van der Waals surface area contributed by atoms with Crippen molar-refractivity contribution in [2.45, 2.75) is 84.5 Å². The first-order chi connectivity index (χ1) is 20.4. The van der Waals surface area contributed by atoms with E-state index in [-0.39, 0.29) is 16.9 Å². The molecular formula is C37H42F4O. The molecule has 2 aliphatic rings. The fraction of sp³-hybridized carbons (Fsp3) is 0.459. The third kappa shape index (κ3) is 6.61. The fourth-order valence-corrected chi connectivity index (χ4v) is 6.93. The maximum Gasteiger partial charge on any atom is 0.201 e. The van der Waals surface area contributed by atoms with E-state index < -0.39 is 23.3 Å². The molecule has 1 fully saturated rings. The molecule has 5 rings (SSSR count). The summed E-state index contributed by atoms with van der Waals surface area (Å²) in [4.78, 5) is 0. The molecule has 5 heteroatoms. The Balaban J connectivity index is 1.27. The molecular weight excluding hydrogens is 536 g/mol. The van der Waals surface area contributed by atoms with Crippen LogP contribution in [-0.2, 0) is 0 Å². The topological polar surface area (TPSA) is 9.23 Å². The molecule has 1 nitrogen and oxygen atoms in total. The number of ether oxygens (including phenoxy) is 1. The van der Waals surface area contributed by atoms with E-state index in [1.165, 1.54) is 50.7 Å². The molecule has 0 heterocycles. The van der Waals surface area contributed by atoms with E-state index in [2.05, 4.69) is 13.0 Å². The zero-order valence-corrected chi connectivity index (χ0v) is 24.8. The maximum atomic E-state index is 15.4. The second-order valence-corrected chi connectivity index (χ2v) is 12.1. The van der Waals surface area contributed by atoms with Crippen molar-refractivity contribution in [3.05, 3.63) is 83.4 Å². The van der Waals surface area contributed by atoms with Crippen LogP contribution >= 0.6 is 0 Å². The number of rotatable bonds is 10. The standard InChI is InChI=1S/C37H42F4O/c1-3-5-23-42-33-22-21-32(36(40)37(33)41)29-17-15-28(16-18-29)31-20-19-30(34(38)35(31)39)27-13-11-26(12-14-27)25-9-7-24(6-4-2)8-10-25/h13,15-22,24-26H,3-12,14,23H2,1-2H3. The molecule has 3 aromatic rings. The Morgan fingerprint density at radius 2 is 1.24 bits per heavy atom. The maximum absolute atomic E-state index is 15.4. The van der Waals surface area contributed by atoms with Gasteiger partial charge < -0.3 is 4.74 Å². The predicted octanol–water partition coefficient (Wildman–Crippen LogP) is 11.5. The van der Waals surface area contributed by atoms with Crippen LogP contribution in [0.4, 0.5) is 17.6 Å². The Morgan fingerprint density at radius 1 is 0.643 bits per heavy atom. The summed E-state index contributed by atoms with van der Waals surface area (Å²) in [6.45, 7) is 4.57. The van der Waals surface area contributed by atoms with Crippen LogP contribution in [0.25, 0.3) is 27.8 Å². The van der Waals surface area contributed by atoms with Crippen molar-refractivity contribution in [1.29, 1.82) is 0 Å². The third-order valence-electron chi connectivity index (χ3n) is 9.44. The molecule has 0 N–H and O–H groups in total. The van der Waals surface area contributed by atoms with E-state index in [0.29, 0.717) is 29.2 Å². The fourth-order valence-electron chi connectivity index (χ4n) is 6.93. The van der Waals surface area contributed by atoms with Crippen molar-refractivity contribution < 1.29 is 22.3 Å². The van der Waals surface area contributed by atoms with Gasteiger partial charge in [-0.3, -0.25) is 0 Å². The van der Waals surface area contributed by atoms with Crippen LogP contribution in [0, 0.1) is 41.0 Å². The number of hydrogen-bond donors (Lipinski definition) is 0. The Hall–Kier alpha value is -3.08. The van der Waals surface area contributed by atoms with Gasteiger partial charge in [0.2, 0.25) is 5.82 Å². The van der Waals surface area contributed by atoms with Gasteiger partial charge in [-0.25, -0.2) is 13.2 Å². The Morgan fingerprint density at radius 3 is 1.83 bits per heavy atom. The van der Waals surface area contributed by atoms with Gasteiger partial charge in [-0.15, -0.1) is 0 Å². The normalized spacial score (nSPS) is 20.8. The highest BCUT2D eigenvalue weighted by Crippen LogP contribution is 2.43. The van der Waals surface area contributed by atoms with Gasteiger partial charge in [0.25, 0.3) is 0 Å². The van der Waals surface area contributed by atoms with Crippen molar-refractivity contribution in [3.63, 3.8) is 0 Å². The van der Waals surface area contributed by atoms with E-state index >= 15 is 8.78 Å². The van der Waals surface area contributed by atoms with Crippen molar-refractivity contribution in [3.8, 4) is 28.0 Å². The van der Waals surface area contributed by atoms with Crippen molar-refractivity contribution in [1.82, 2.24) is 0 Å². The summed E-state index contributed by atoms with van der Waals surface area (Å²) < 4.78 is 65.5. The van der Waals surface area contributed by atoms with Gasteiger partial charge in [-0.1, -0.05) is 88.4 Å². The highest BCUT2D eigenvalue weighted by molar-refractivity contribution is 5.74. The minimum Gasteiger partial charge on any atom is -0.490 e. The quantitative estimate of drug-likeness (QED) is 0.172. The van der Waals surface area contributed by atoms with Crippen LogP contribution in [-0.4, -0.2) is 6.61 Å². The summed E-state index contributed by atoms with van der Waals surface area (Å²) in [5.74, 6) is -1.56. The molecule has 1 unspecified atom stereocenters. The zero-order chi connectivity index (χ0) is 29.6. The molecule has 2 aliphatic carbocycles. The monoisotopic (exact) mass is 578 g/mol. The summed E-state index contributed by atoms with van der Waals surface area (Å²) in [5, 5.41) is 0.